The summed E-state index contributed by atoms with van der Waals surface area (Å²) in [5.41, 5.74) is 0.216. The molecule has 0 radical (unpaired) electrons. The van der Waals surface area contributed by atoms with Gasteiger partial charge in [0.2, 0.25) is 11.8 Å². The summed E-state index contributed by atoms with van der Waals surface area (Å²) in [7, 11) is 0. The molecule has 2 fully saturated rings. The van der Waals surface area contributed by atoms with Crippen LogP contribution in [0.1, 0.15) is 99.1 Å². The van der Waals surface area contributed by atoms with Gasteiger partial charge in [0.05, 0.1) is 17.6 Å². The lowest BCUT2D eigenvalue weighted by Gasteiger charge is -2.35. The van der Waals surface area contributed by atoms with Gasteiger partial charge >= 0.3 is 12.1 Å². The number of aromatic hydroxyl groups is 1. The van der Waals surface area contributed by atoms with E-state index in [1.807, 2.05) is 6.92 Å². The number of aromatic nitrogens is 2. The maximum atomic E-state index is 14.0. The predicted octanol–water partition coefficient (Wildman–Crippen LogP) is 6.66. The lowest BCUT2D eigenvalue weighted by molar-refractivity contribution is -0.165. The second-order valence-corrected chi connectivity index (χ2v) is 17.0. The number of amides is 2. The number of carboxylic acid groups (broad SMARTS) is 1. The van der Waals surface area contributed by atoms with Crippen LogP contribution in [0.25, 0.3) is 11.0 Å². The summed E-state index contributed by atoms with van der Waals surface area (Å²) in [5, 5.41) is 22.0. The molecule has 2 heterocycles. The van der Waals surface area contributed by atoms with Crippen LogP contribution in [0, 0.1) is 17.3 Å². The van der Waals surface area contributed by atoms with Crippen LogP contribution < -0.4 is 10.1 Å². The van der Waals surface area contributed by atoms with E-state index in [2.05, 4.69) is 27.9 Å². The van der Waals surface area contributed by atoms with Crippen molar-refractivity contribution in [1.82, 2.24) is 20.2 Å². The van der Waals surface area contributed by atoms with Gasteiger partial charge in [0.15, 0.2) is 0 Å². The molecule has 260 valence electrons. The number of phenols is 1. The normalized spacial score (nSPS) is 23.9. The lowest BCUT2D eigenvalue weighted by Crippen LogP contribution is -2.57. The molecule has 0 unspecified atom stereocenters. The van der Waals surface area contributed by atoms with Crippen LogP contribution in [0.3, 0.4) is 0 Å². The summed E-state index contributed by atoms with van der Waals surface area (Å²) in [6, 6.07) is 2.72. The molecule has 2 amide bonds. The van der Waals surface area contributed by atoms with E-state index in [0.29, 0.717) is 29.0 Å². The first-order chi connectivity index (χ1) is 21.9. The maximum Gasteiger partial charge on any atom is 0.405 e. The zero-order valence-electron chi connectivity index (χ0n) is 28.7. The molecule has 1 saturated carbocycles. The number of esters is 1. The number of fused-ring (bicyclic) bond motifs is 1. The number of hydrogen-bond donors (Lipinski definition) is 3. The van der Waals surface area contributed by atoms with E-state index in [-0.39, 0.29) is 12.3 Å². The average Bonchev–Trinajstić information content (AvgIpc) is 3.51. The summed E-state index contributed by atoms with van der Waals surface area (Å²) in [6.45, 7) is 12.4. The molecule has 1 aliphatic carbocycles. The van der Waals surface area contributed by atoms with Gasteiger partial charge < -0.3 is 29.9 Å². The third-order valence-electron chi connectivity index (χ3n) is 9.06. The molecule has 0 bridgehead atoms. The Balaban J connectivity index is 1.60. The summed E-state index contributed by atoms with van der Waals surface area (Å²) >= 11 is 2.56. The number of ether oxygens (including phenoxy) is 2. The quantitative estimate of drug-likeness (QED) is 0.0988. The number of benzene rings is 1. The maximum absolute atomic E-state index is 14.0. The van der Waals surface area contributed by atoms with Crippen molar-refractivity contribution in [1.29, 1.82) is 0 Å². The Morgan fingerprint density at radius 3 is 2.40 bits per heavy atom. The van der Waals surface area contributed by atoms with Gasteiger partial charge in [-0.3, -0.25) is 4.79 Å². The highest BCUT2D eigenvalue weighted by Crippen LogP contribution is 2.36. The van der Waals surface area contributed by atoms with Crippen LogP contribution in [0.4, 0.5) is 4.79 Å². The van der Waals surface area contributed by atoms with Gasteiger partial charge in [0.1, 0.15) is 35.2 Å². The zero-order valence-corrected chi connectivity index (χ0v) is 30.9. The van der Waals surface area contributed by atoms with Crippen molar-refractivity contribution in [2.24, 2.45) is 17.3 Å². The molecule has 47 heavy (non-hydrogen) atoms. The number of carbonyl (C=O) groups is 3. The van der Waals surface area contributed by atoms with Gasteiger partial charge in [-0.15, -0.1) is 0 Å². The number of likely N-dealkylation sites (tertiary alicyclic amines) is 1. The van der Waals surface area contributed by atoms with Gasteiger partial charge in [0.25, 0.3) is 0 Å². The largest absolute Gasteiger partial charge is 0.508 e. The highest BCUT2D eigenvalue weighted by atomic mass is 127. The minimum Gasteiger partial charge on any atom is -0.508 e. The van der Waals surface area contributed by atoms with Crippen LogP contribution in [0.5, 0.6) is 11.6 Å². The SMILES string of the molecule is C[C@@H]1[C@@H](Oc2nc3cc(O)ccc3nc2CCCCC[C@H]2CC[C@H](I)C2)CN(C(=O)[C@@H](NC(=O)O)C(C)(C)C)[C@@H]1C(=O)OC(C)(C)C. The summed E-state index contributed by atoms with van der Waals surface area (Å²) in [5.74, 6) is -0.446. The van der Waals surface area contributed by atoms with Crippen molar-refractivity contribution in [2.75, 3.05) is 6.54 Å². The van der Waals surface area contributed by atoms with E-state index < -0.39 is 53.1 Å². The van der Waals surface area contributed by atoms with Gasteiger partial charge in [-0.05, 0) is 76.3 Å². The Morgan fingerprint density at radius 1 is 1.06 bits per heavy atom. The third kappa shape index (κ3) is 9.82. The number of hydrogen-bond acceptors (Lipinski definition) is 8. The molecule has 3 N–H and O–H groups in total. The van der Waals surface area contributed by atoms with E-state index in [0.717, 1.165) is 29.1 Å². The van der Waals surface area contributed by atoms with Crippen molar-refractivity contribution in [3.05, 3.63) is 23.9 Å². The van der Waals surface area contributed by atoms with Crippen molar-refractivity contribution >= 4 is 51.6 Å². The molecular formula is C35H51IN4O7. The van der Waals surface area contributed by atoms with Crippen LogP contribution in [-0.2, 0) is 20.7 Å². The van der Waals surface area contributed by atoms with Crippen LogP contribution in [-0.4, -0.2) is 77.3 Å². The molecule has 6 atom stereocenters. The minimum absolute atomic E-state index is 0.0240. The Bertz CT molecular complexity index is 1440. The Morgan fingerprint density at radius 2 is 1.79 bits per heavy atom. The number of aryl methyl sites for hydroxylation is 1. The topological polar surface area (TPSA) is 151 Å². The van der Waals surface area contributed by atoms with E-state index in [1.165, 1.54) is 36.6 Å². The van der Waals surface area contributed by atoms with E-state index in [4.69, 9.17) is 19.4 Å². The van der Waals surface area contributed by atoms with Gasteiger partial charge in [-0.25, -0.2) is 19.6 Å². The van der Waals surface area contributed by atoms with Gasteiger partial charge in [0, 0.05) is 15.9 Å². The van der Waals surface area contributed by atoms with Crippen LogP contribution in [0.2, 0.25) is 0 Å². The first-order valence-corrected chi connectivity index (χ1v) is 18.0. The lowest BCUT2D eigenvalue weighted by atomic mass is 9.85. The highest BCUT2D eigenvalue weighted by Gasteiger charge is 2.51. The number of halogens is 1. The first-order valence-electron chi connectivity index (χ1n) is 16.8. The second-order valence-electron chi connectivity index (χ2n) is 15.3. The minimum atomic E-state index is -1.33. The number of unbranched alkanes of at least 4 members (excludes halogenated alkanes) is 2. The number of nitrogens with zero attached hydrogens (tertiary/aromatic N) is 3. The molecule has 1 aromatic carbocycles. The molecule has 12 heteroatoms. The number of carbonyl (C=O) groups excluding carboxylic acids is 2. The summed E-state index contributed by atoms with van der Waals surface area (Å²) in [4.78, 5) is 50.4. The molecule has 0 spiro atoms. The van der Waals surface area contributed by atoms with E-state index >= 15 is 0 Å². The molecule has 1 aliphatic heterocycles. The van der Waals surface area contributed by atoms with Crippen molar-refractivity contribution in [3.8, 4) is 11.6 Å². The smallest absolute Gasteiger partial charge is 0.405 e. The van der Waals surface area contributed by atoms with Crippen LogP contribution >= 0.6 is 22.6 Å². The number of phenolic OH excluding ortho intramolecular Hbond substituents is 1. The fourth-order valence-electron chi connectivity index (χ4n) is 6.62. The molecule has 2 aromatic rings. The molecule has 2 aliphatic rings. The monoisotopic (exact) mass is 766 g/mol. The van der Waals surface area contributed by atoms with Crippen molar-refractivity contribution in [2.45, 2.75) is 128 Å². The number of nitrogens with one attached hydrogen (secondary N) is 1. The number of rotatable bonds is 11. The number of alkyl halides is 1. The van der Waals surface area contributed by atoms with Crippen molar-refractivity contribution < 1.29 is 34.1 Å². The fourth-order valence-corrected chi connectivity index (χ4v) is 7.70. The predicted molar refractivity (Wildman–Crippen MR) is 188 cm³/mol. The van der Waals surface area contributed by atoms with E-state index in [9.17, 15) is 24.6 Å². The molecule has 11 nitrogen and oxygen atoms in total. The first kappa shape index (κ1) is 36.9. The molecular weight excluding hydrogens is 715 g/mol. The van der Waals surface area contributed by atoms with Gasteiger partial charge in [-0.2, -0.15) is 0 Å². The third-order valence-corrected chi connectivity index (χ3v) is 10.2. The Hall–Kier alpha value is -2.90. The standard InChI is InChI=1S/C35H51IN4O7/c1-20-27(19-40(28(20)32(43)47-35(5,6)7)31(42)29(34(2,3)4)39-33(44)45)46-30-25(37-24-16-15-23(41)18-26(24)38-30)12-10-8-9-11-21-13-14-22(36)17-21/h15-16,18,20-22,27-29,39,41H,8-14,17,19H2,1-7H3,(H,44,45)/t20-,21+,22+,27+,28+,29-/m1/s1. The fraction of sp³-hybridized carbons (Fsp3) is 0.686. The zero-order chi connectivity index (χ0) is 34.7. The molecule has 4 rings (SSSR count). The van der Waals surface area contributed by atoms with Gasteiger partial charge in [-0.1, -0.05) is 69.5 Å². The summed E-state index contributed by atoms with van der Waals surface area (Å²) < 4.78 is 13.1. The second kappa shape index (κ2) is 15.1. The molecule has 1 aromatic heterocycles. The van der Waals surface area contributed by atoms with E-state index in [1.54, 1.807) is 53.7 Å². The average molecular weight is 767 g/mol. The molecule has 1 saturated heterocycles. The van der Waals surface area contributed by atoms with Crippen molar-refractivity contribution in [3.63, 3.8) is 0 Å². The summed E-state index contributed by atoms with van der Waals surface area (Å²) in [6.07, 6.45) is 6.98. The highest BCUT2D eigenvalue weighted by molar-refractivity contribution is 14.1. The Kier molecular flexibility index (Phi) is 11.9. The Labute approximate surface area is 291 Å². The van der Waals surface area contributed by atoms with Crippen LogP contribution in [0.15, 0.2) is 18.2 Å².